The van der Waals surface area contributed by atoms with Gasteiger partial charge >= 0.3 is 5.97 Å². The molecule has 0 fully saturated rings. The molecule has 0 radical (unpaired) electrons. The van der Waals surface area contributed by atoms with Crippen molar-refractivity contribution in [1.29, 1.82) is 0 Å². The number of carbonyl (C=O) groups is 1. The van der Waals surface area contributed by atoms with E-state index < -0.39 is 0 Å². The number of methoxy groups -OCH3 is 1. The summed E-state index contributed by atoms with van der Waals surface area (Å²) < 4.78 is 12.2. The van der Waals surface area contributed by atoms with Gasteiger partial charge in [-0.3, -0.25) is 4.79 Å². The molecule has 0 atom stereocenters. The Morgan fingerprint density at radius 2 is 1.81 bits per heavy atom. The van der Waals surface area contributed by atoms with E-state index in [-0.39, 0.29) is 12.4 Å². The minimum atomic E-state index is -0.301. The first-order valence-electron chi connectivity index (χ1n) is 8.76. The average molecular weight is 365 g/mol. The molecule has 27 heavy (non-hydrogen) atoms. The van der Waals surface area contributed by atoms with Crippen LogP contribution in [0.3, 0.4) is 0 Å². The molecule has 1 aromatic heterocycles. The largest absolute Gasteiger partial charge is 0.426 e. The lowest BCUT2D eigenvalue weighted by Crippen LogP contribution is -2.12. The molecular weight excluding hydrogens is 342 g/mol. The number of nitrogens with zero attached hydrogens (tertiary/aromatic N) is 2. The minimum absolute atomic E-state index is 0.228. The van der Waals surface area contributed by atoms with Crippen molar-refractivity contribution in [3.8, 4) is 11.4 Å². The number of rotatable bonds is 7. The normalized spacial score (nSPS) is 10.6. The fourth-order valence-electron chi connectivity index (χ4n) is 2.80. The highest BCUT2D eigenvalue weighted by Gasteiger charge is 2.12. The van der Waals surface area contributed by atoms with Gasteiger partial charge in [-0.1, -0.05) is 18.2 Å². The molecule has 0 saturated heterocycles. The van der Waals surface area contributed by atoms with Gasteiger partial charge in [0.2, 0.25) is 0 Å². The highest BCUT2D eigenvalue weighted by molar-refractivity contribution is 5.74. The second-order valence-corrected chi connectivity index (χ2v) is 6.26. The second-order valence-electron chi connectivity index (χ2n) is 6.26. The Balaban J connectivity index is 1.73. The summed E-state index contributed by atoms with van der Waals surface area (Å²) in [7, 11) is 1.56. The van der Waals surface area contributed by atoms with Crippen molar-refractivity contribution >= 4 is 17.5 Å². The SMILES string of the molecule is COCCC(=O)Oc1c(C)cc(Nc2ccn(-c3ccccc3)n2)cc1C. The molecule has 0 aliphatic heterocycles. The molecular formula is C21H23N3O3. The van der Waals surface area contributed by atoms with Gasteiger partial charge in [-0.2, -0.15) is 5.10 Å². The summed E-state index contributed by atoms with van der Waals surface area (Å²) in [6.07, 6.45) is 2.13. The van der Waals surface area contributed by atoms with Crippen molar-refractivity contribution in [3.63, 3.8) is 0 Å². The van der Waals surface area contributed by atoms with Gasteiger partial charge in [0.1, 0.15) is 5.75 Å². The predicted octanol–water partition coefficient (Wildman–Crippen LogP) is 4.17. The summed E-state index contributed by atoms with van der Waals surface area (Å²) in [6.45, 7) is 4.18. The average Bonchev–Trinajstić information content (AvgIpc) is 3.12. The zero-order valence-electron chi connectivity index (χ0n) is 15.7. The van der Waals surface area contributed by atoms with Crippen LogP contribution in [0.25, 0.3) is 5.69 Å². The summed E-state index contributed by atoms with van der Waals surface area (Å²) in [5.41, 5.74) is 3.65. The van der Waals surface area contributed by atoms with E-state index in [1.807, 2.05) is 73.3 Å². The van der Waals surface area contributed by atoms with E-state index >= 15 is 0 Å². The molecule has 6 nitrogen and oxygen atoms in total. The van der Waals surface area contributed by atoms with Crippen LogP contribution in [0.4, 0.5) is 11.5 Å². The number of para-hydroxylation sites is 1. The van der Waals surface area contributed by atoms with Crippen molar-refractivity contribution < 1.29 is 14.3 Å². The number of nitrogens with one attached hydrogen (secondary N) is 1. The van der Waals surface area contributed by atoms with Gasteiger partial charge in [-0.25, -0.2) is 4.68 Å². The molecule has 0 amide bonds. The van der Waals surface area contributed by atoms with Crippen molar-refractivity contribution in [2.45, 2.75) is 20.3 Å². The Morgan fingerprint density at radius 1 is 1.11 bits per heavy atom. The van der Waals surface area contributed by atoms with Crippen LogP contribution < -0.4 is 10.1 Å². The fraction of sp³-hybridized carbons (Fsp3) is 0.238. The third-order valence-electron chi connectivity index (χ3n) is 4.07. The molecule has 2 aromatic carbocycles. The maximum absolute atomic E-state index is 11.9. The lowest BCUT2D eigenvalue weighted by molar-refractivity contribution is -0.135. The van der Waals surface area contributed by atoms with E-state index in [1.165, 1.54) is 0 Å². The van der Waals surface area contributed by atoms with E-state index in [0.29, 0.717) is 12.4 Å². The molecule has 140 valence electrons. The van der Waals surface area contributed by atoms with Crippen LogP contribution in [0.5, 0.6) is 5.75 Å². The van der Waals surface area contributed by atoms with Gasteiger partial charge in [-0.15, -0.1) is 0 Å². The molecule has 1 heterocycles. The Kier molecular flexibility index (Phi) is 5.88. The second kappa shape index (κ2) is 8.51. The highest BCUT2D eigenvalue weighted by atomic mass is 16.5. The Morgan fingerprint density at radius 3 is 2.48 bits per heavy atom. The van der Waals surface area contributed by atoms with E-state index in [0.717, 1.165) is 28.3 Å². The summed E-state index contributed by atoms with van der Waals surface area (Å²) in [4.78, 5) is 11.9. The van der Waals surface area contributed by atoms with Crippen LogP contribution in [-0.4, -0.2) is 29.5 Å². The zero-order valence-corrected chi connectivity index (χ0v) is 15.7. The van der Waals surface area contributed by atoms with E-state index in [9.17, 15) is 4.79 Å². The van der Waals surface area contributed by atoms with Gasteiger partial charge in [-0.05, 0) is 49.2 Å². The number of ether oxygens (including phenoxy) is 2. The number of aryl methyl sites for hydroxylation is 2. The smallest absolute Gasteiger partial charge is 0.313 e. The number of benzene rings is 2. The lowest BCUT2D eigenvalue weighted by Gasteiger charge is -2.13. The van der Waals surface area contributed by atoms with Gasteiger partial charge in [0.05, 0.1) is 18.7 Å². The molecule has 3 rings (SSSR count). The number of hydrogen-bond acceptors (Lipinski definition) is 5. The van der Waals surface area contributed by atoms with E-state index in [4.69, 9.17) is 9.47 Å². The number of carbonyl (C=O) groups excluding carboxylic acids is 1. The van der Waals surface area contributed by atoms with Crippen molar-refractivity contribution in [1.82, 2.24) is 9.78 Å². The molecule has 0 aliphatic carbocycles. The maximum Gasteiger partial charge on any atom is 0.313 e. The van der Waals surface area contributed by atoms with Crippen molar-refractivity contribution in [2.24, 2.45) is 0 Å². The molecule has 6 heteroatoms. The highest BCUT2D eigenvalue weighted by Crippen LogP contribution is 2.29. The third kappa shape index (κ3) is 4.74. The maximum atomic E-state index is 11.9. The Labute approximate surface area is 158 Å². The third-order valence-corrected chi connectivity index (χ3v) is 4.07. The van der Waals surface area contributed by atoms with E-state index in [2.05, 4.69) is 10.4 Å². The lowest BCUT2D eigenvalue weighted by atomic mass is 10.1. The molecule has 1 N–H and O–H groups in total. The van der Waals surface area contributed by atoms with Crippen LogP contribution >= 0.6 is 0 Å². The van der Waals surface area contributed by atoms with Crippen molar-refractivity contribution in [2.75, 3.05) is 19.0 Å². The topological polar surface area (TPSA) is 65.4 Å². The quantitative estimate of drug-likeness (QED) is 0.503. The van der Waals surface area contributed by atoms with Crippen molar-refractivity contribution in [3.05, 3.63) is 65.9 Å². The molecule has 0 aliphatic rings. The molecule has 0 spiro atoms. The van der Waals surface area contributed by atoms with Gasteiger partial charge in [0.15, 0.2) is 5.82 Å². The van der Waals surface area contributed by atoms with Crippen LogP contribution in [-0.2, 0) is 9.53 Å². The zero-order chi connectivity index (χ0) is 19.2. The molecule has 0 bridgehead atoms. The van der Waals surface area contributed by atoms with Crippen LogP contribution in [0.2, 0.25) is 0 Å². The van der Waals surface area contributed by atoms with Crippen LogP contribution in [0, 0.1) is 13.8 Å². The predicted molar refractivity (Wildman–Crippen MR) is 105 cm³/mol. The molecule has 0 saturated carbocycles. The van der Waals surface area contributed by atoms with E-state index in [1.54, 1.807) is 7.11 Å². The number of hydrogen-bond donors (Lipinski definition) is 1. The summed E-state index contributed by atoms with van der Waals surface area (Å²) in [5, 5.41) is 7.84. The number of anilines is 2. The molecule has 0 unspecified atom stereocenters. The fourth-order valence-corrected chi connectivity index (χ4v) is 2.80. The summed E-state index contributed by atoms with van der Waals surface area (Å²) in [6, 6.07) is 15.7. The monoisotopic (exact) mass is 365 g/mol. The number of esters is 1. The standard InChI is InChI=1S/C21H23N3O3/c1-15-13-17(14-16(2)21(15)27-20(25)10-12-26-3)22-19-9-11-24(23-19)18-7-5-4-6-8-18/h4-9,11,13-14H,10,12H2,1-3H3,(H,22,23). The Hall–Kier alpha value is -3.12. The van der Waals surface area contributed by atoms with Crippen LogP contribution in [0.15, 0.2) is 54.7 Å². The van der Waals surface area contributed by atoms with Gasteiger partial charge < -0.3 is 14.8 Å². The first-order chi connectivity index (χ1) is 13.1. The summed E-state index contributed by atoms with van der Waals surface area (Å²) >= 11 is 0. The Bertz CT molecular complexity index is 896. The summed E-state index contributed by atoms with van der Waals surface area (Å²) in [5.74, 6) is 1.03. The van der Waals surface area contributed by atoms with Gasteiger partial charge in [0, 0.05) is 25.1 Å². The first-order valence-corrected chi connectivity index (χ1v) is 8.76. The molecule has 3 aromatic rings. The van der Waals surface area contributed by atoms with Crippen LogP contribution in [0.1, 0.15) is 17.5 Å². The number of aromatic nitrogens is 2. The van der Waals surface area contributed by atoms with Gasteiger partial charge in [0.25, 0.3) is 0 Å². The minimum Gasteiger partial charge on any atom is -0.426 e. The first kappa shape index (κ1) is 18.7.